The van der Waals surface area contributed by atoms with Crippen LogP contribution in [0.1, 0.15) is 6.92 Å². The van der Waals surface area contributed by atoms with E-state index >= 15 is 0 Å². The van der Waals surface area contributed by atoms with Crippen molar-refractivity contribution < 1.29 is 5.11 Å². The Hall–Kier alpha value is -0.120. The van der Waals surface area contributed by atoms with Crippen LogP contribution in [0.15, 0.2) is 0 Å². The molecule has 0 saturated heterocycles. The zero-order chi connectivity index (χ0) is 7.11. The fourth-order valence-electron chi connectivity index (χ4n) is 0.515. The highest BCUT2D eigenvalue weighted by Crippen LogP contribution is 1.86. The van der Waals surface area contributed by atoms with Gasteiger partial charge in [0.15, 0.2) is 0 Å². The highest BCUT2D eigenvalue weighted by atomic mass is 16.3. The fraction of sp³-hybridized carbons (Fsp3) is 1.00. The van der Waals surface area contributed by atoms with Crippen molar-refractivity contribution in [3.63, 3.8) is 0 Å². The maximum Gasteiger partial charge on any atom is 0.0468 e. The smallest absolute Gasteiger partial charge is 0.0468 e. The van der Waals surface area contributed by atoms with Crippen LogP contribution < -0.4 is 11.1 Å². The Morgan fingerprint density at radius 2 is 2.33 bits per heavy atom. The quantitative estimate of drug-likeness (QED) is 0.428. The van der Waals surface area contributed by atoms with Gasteiger partial charge in [-0.1, -0.05) is 6.92 Å². The van der Waals surface area contributed by atoms with Gasteiger partial charge in [0.25, 0.3) is 0 Å². The second kappa shape index (κ2) is 6.01. The summed E-state index contributed by atoms with van der Waals surface area (Å²) in [5, 5.41) is 11.7. The van der Waals surface area contributed by atoms with Gasteiger partial charge in [0.2, 0.25) is 0 Å². The zero-order valence-corrected chi connectivity index (χ0v) is 5.93. The molecule has 0 aromatic rings. The minimum absolute atomic E-state index is 0.248. The van der Waals surface area contributed by atoms with Crippen molar-refractivity contribution >= 4 is 0 Å². The molecule has 56 valence electrons. The molecule has 0 radical (unpaired) electrons. The van der Waals surface area contributed by atoms with E-state index in [4.69, 9.17) is 10.8 Å². The monoisotopic (exact) mass is 132 g/mol. The van der Waals surface area contributed by atoms with E-state index < -0.39 is 0 Å². The molecule has 0 rings (SSSR count). The van der Waals surface area contributed by atoms with Gasteiger partial charge >= 0.3 is 0 Å². The molecule has 3 nitrogen and oxygen atoms in total. The molecule has 0 amide bonds. The summed E-state index contributed by atoms with van der Waals surface area (Å²) >= 11 is 0. The van der Waals surface area contributed by atoms with Gasteiger partial charge in [-0.05, 0) is 12.5 Å². The second-order valence-electron chi connectivity index (χ2n) is 2.28. The van der Waals surface area contributed by atoms with E-state index in [-0.39, 0.29) is 6.61 Å². The molecule has 0 heterocycles. The number of rotatable bonds is 5. The summed E-state index contributed by atoms with van der Waals surface area (Å²) in [5.41, 5.74) is 5.23. The van der Waals surface area contributed by atoms with E-state index in [1.165, 1.54) is 0 Å². The summed E-state index contributed by atoms with van der Waals surface area (Å²) in [6.45, 7) is 4.59. The molecule has 9 heavy (non-hydrogen) atoms. The van der Waals surface area contributed by atoms with Crippen molar-refractivity contribution in [2.24, 2.45) is 11.7 Å². The van der Waals surface area contributed by atoms with E-state index in [1.54, 1.807) is 0 Å². The van der Waals surface area contributed by atoms with Crippen molar-refractivity contribution in [3.8, 4) is 0 Å². The number of aliphatic hydroxyl groups is 1. The number of nitrogens with two attached hydrogens (primary N) is 1. The average Bonchev–Trinajstić information content (AvgIpc) is 1.89. The van der Waals surface area contributed by atoms with Crippen molar-refractivity contribution in [3.05, 3.63) is 0 Å². The molecular weight excluding hydrogens is 116 g/mol. The fourth-order valence-corrected chi connectivity index (χ4v) is 0.515. The first-order valence-corrected chi connectivity index (χ1v) is 3.33. The van der Waals surface area contributed by atoms with Crippen LogP contribution in [-0.4, -0.2) is 31.3 Å². The Labute approximate surface area is 56.2 Å². The lowest BCUT2D eigenvalue weighted by atomic mass is 10.2. The predicted octanol–water partition coefficient (Wildman–Crippen LogP) is -0.837. The molecule has 1 unspecified atom stereocenters. The predicted molar refractivity (Wildman–Crippen MR) is 38.2 cm³/mol. The molecule has 0 aromatic heterocycles. The Morgan fingerprint density at radius 1 is 1.67 bits per heavy atom. The zero-order valence-electron chi connectivity index (χ0n) is 5.93. The topological polar surface area (TPSA) is 58.3 Å². The standard InChI is InChI=1S/C6H16N2O/c1-6(5-9)4-8-3-2-7/h6,8-9H,2-5,7H2,1H3. The van der Waals surface area contributed by atoms with Crippen LogP contribution in [0.25, 0.3) is 0 Å². The summed E-state index contributed by atoms with van der Waals surface area (Å²) in [6.07, 6.45) is 0. The van der Waals surface area contributed by atoms with Gasteiger partial charge in [-0.25, -0.2) is 0 Å². The maximum atomic E-state index is 8.56. The third-order valence-electron chi connectivity index (χ3n) is 1.13. The van der Waals surface area contributed by atoms with Crippen LogP contribution in [0.5, 0.6) is 0 Å². The summed E-state index contributed by atoms with van der Waals surface area (Å²) in [5.74, 6) is 0.344. The SMILES string of the molecule is CC(CO)CNCCN. The molecule has 0 aliphatic carbocycles. The van der Waals surface area contributed by atoms with Crippen molar-refractivity contribution in [2.75, 3.05) is 26.2 Å². The minimum atomic E-state index is 0.248. The molecule has 0 spiro atoms. The van der Waals surface area contributed by atoms with Gasteiger partial charge in [0.05, 0.1) is 0 Å². The lowest BCUT2D eigenvalue weighted by Gasteiger charge is -2.07. The molecule has 0 aromatic carbocycles. The summed E-state index contributed by atoms with van der Waals surface area (Å²) in [4.78, 5) is 0. The maximum absolute atomic E-state index is 8.56. The summed E-state index contributed by atoms with van der Waals surface area (Å²) in [6, 6.07) is 0. The third kappa shape index (κ3) is 5.76. The highest BCUT2D eigenvalue weighted by molar-refractivity contribution is 4.54. The minimum Gasteiger partial charge on any atom is -0.396 e. The molecule has 3 heteroatoms. The lowest BCUT2D eigenvalue weighted by Crippen LogP contribution is -2.28. The van der Waals surface area contributed by atoms with E-state index in [1.807, 2.05) is 6.92 Å². The van der Waals surface area contributed by atoms with Crippen molar-refractivity contribution in [2.45, 2.75) is 6.92 Å². The summed E-state index contributed by atoms with van der Waals surface area (Å²) < 4.78 is 0. The van der Waals surface area contributed by atoms with Gasteiger partial charge in [0, 0.05) is 19.7 Å². The van der Waals surface area contributed by atoms with E-state index in [0.717, 1.165) is 13.1 Å². The van der Waals surface area contributed by atoms with E-state index in [2.05, 4.69) is 5.32 Å². The molecule has 1 atom stereocenters. The van der Waals surface area contributed by atoms with E-state index in [0.29, 0.717) is 12.5 Å². The molecule has 0 fully saturated rings. The molecule has 0 saturated carbocycles. The third-order valence-corrected chi connectivity index (χ3v) is 1.13. The Balaban J connectivity index is 2.88. The first-order chi connectivity index (χ1) is 4.31. The lowest BCUT2D eigenvalue weighted by molar-refractivity contribution is 0.234. The average molecular weight is 132 g/mol. The van der Waals surface area contributed by atoms with Crippen molar-refractivity contribution in [1.82, 2.24) is 5.32 Å². The largest absolute Gasteiger partial charge is 0.396 e. The molecular formula is C6H16N2O. The first kappa shape index (κ1) is 8.88. The van der Waals surface area contributed by atoms with Gasteiger partial charge < -0.3 is 16.2 Å². The Morgan fingerprint density at radius 3 is 2.78 bits per heavy atom. The normalized spacial score (nSPS) is 13.7. The Kier molecular flexibility index (Phi) is 5.93. The number of nitrogens with one attached hydrogen (secondary N) is 1. The Bertz CT molecular complexity index is 59.0. The number of hydrogen-bond acceptors (Lipinski definition) is 3. The van der Waals surface area contributed by atoms with Gasteiger partial charge in [0.1, 0.15) is 0 Å². The van der Waals surface area contributed by atoms with Gasteiger partial charge in [-0.15, -0.1) is 0 Å². The molecule has 0 aliphatic heterocycles. The van der Waals surface area contributed by atoms with Crippen LogP contribution in [0.2, 0.25) is 0 Å². The first-order valence-electron chi connectivity index (χ1n) is 3.33. The van der Waals surface area contributed by atoms with Crippen LogP contribution >= 0.6 is 0 Å². The van der Waals surface area contributed by atoms with Gasteiger partial charge in [-0.3, -0.25) is 0 Å². The van der Waals surface area contributed by atoms with Gasteiger partial charge in [-0.2, -0.15) is 0 Å². The number of hydrogen-bond donors (Lipinski definition) is 3. The van der Waals surface area contributed by atoms with Crippen LogP contribution in [0, 0.1) is 5.92 Å². The molecule has 4 N–H and O–H groups in total. The van der Waals surface area contributed by atoms with Crippen LogP contribution in [0.4, 0.5) is 0 Å². The van der Waals surface area contributed by atoms with Crippen molar-refractivity contribution in [1.29, 1.82) is 0 Å². The highest BCUT2D eigenvalue weighted by Gasteiger charge is 1.95. The molecule has 0 aliphatic rings. The van der Waals surface area contributed by atoms with E-state index in [9.17, 15) is 0 Å². The second-order valence-corrected chi connectivity index (χ2v) is 2.28. The molecule has 0 bridgehead atoms. The van der Waals surface area contributed by atoms with Crippen LogP contribution in [-0.2, 0) is 0 Å². The summed E-state index contributed by atoms with van der Waals surface area (Å²) in [7, 11) is 0. The number of aliphatic hydroxyl groups excluding tert-OH is 1. The van der Waals surface area contributed by atoms with Crippen LogP contribution in [0.3, 0.4) is 0 Å².